The van der Waals surface area contributed by atoms with Crippen LogP contribution in [0.2, 0.25) is 0 Å². The SMILES string of the molecule is O=C1/C(=C/c2ccccc2[N+](=O)[O-])Sc2ccc3ccccc3c21. The first-order valence-electron chi connectivity index (χ1n) is 7.34. The number of rotatable bonds is 2. The lowest BCUT2D eigenvalue weighted by Gasteiger charge is -2.02. The number of nitro groups is 1. The Kier molecular flexibility index (Phi) is 3.43. The third-order valence-corrected chi connectivity index (χ3v) is 5.06. The van der Waals surface area contributed by atoms with Gasteiger partial charge in [-0.15, -0.1) is 0 Å². The highest BCUT2D eigenvalue weighted by molar-refractivity contribution is 8.05. The highest BCUT2D eigenvalue weighted by Crippen LogP contribution is 2.44. The molecular weight excluding hydrogens is 322 g/mol. The normalized spacial score (nSPS) is 15.0. The van der Waals surface area contributed by atoms with Gasteiger partial charge in [-0.3, -0.25) is 14.9 Å². The Bertz CT molecular complexity index is 1040. The fourth-order valence-corrected chi connectivity index (χ4v) is 3.93. The smallest absolute Gasteiger partial charge is 0.276 e. The number of fused-ring (bicyclic) bond motifs is 3. The van der Waals surface area contributed by atoms with E-state index in [0.29, 0.717) is 16.0 Å². The second-order valence-corrected chi connectivity index (χ2v) is 6.50. The van der Waals surface area contributed by atoms with E-state index < -0.39 is 4.92 Å². The molecule has 3 aromatic carbocycles. The van der Waals surface area contributed by atoms with Gasteiger partial charge in [-0.2, -0.15) is 0 Å². The number of allylic oxidation sites excluding steroid dienone is 1. The predicted molar refractivity (Wildman–Crippen MR) is 95.2 cm³/mol. The number of thioether (sulfide) groups is 1. The maximum Gasteiger partial charge on any atom is 0.276 e. The van der Waals surface area contributed by atoms with Gasteiger partial charge < -0.3 is 0 Å². The van der Waals surface area contributed by atoms with Gasteiger partial charge in [0.15, 0.2) is 0 Å². The Morgan fingerprint density at radius 2 is 1.71 bits per heavy atom. The molecule has 4 nitrogen and oxygen atoms in total. The van der Waals surface area contributed by atoms with Gasteiger partial charge in [0.25, 0.3) is 5.69 Å². The summed E-state index contributed by atoms with van der Waals surface area (Å²) >= 11 is 1.36. The van der Waals surface area contributed by atoms with Gasteiger partial charge in [0, 0.05) is 16.5 Å². The van der Waals surface area contributed by atoms with E-state index in [1.54, 1.807) is 24.3 Å². The monoisotopic (exact) mass is 333 g/mol. The van der Waals surface area contributed by atoms with Crippen molar-refractivity contribution in [1.82, 2.24) is 0 Å². The Morgan fingerprint density at radius 1 is 0.958 bits per heavy atom. The fraction of sp³-hybridized carbons (Fsp3) is 0. The van der Waals surface area contributed by atoms with E-state index in [4.69, 9.17) is 0 Å². The zero-order valence-corrected chi connectivity index (χ0v) is 13.2. The summed E-state index contributed by atoms with van der Waals surface area (Å²) in [6.45, 7) is 0. The van der Waals surface area contributed by atoms with Crippen LogP contribution in [0.5, 0.6) is 0 Å². The van der Waals surface area contributed by atoms with E-state index in [9.17, 15) is 14.9 Å². The van der Waals surface area contributed by atoms with Crippen LogP contribution in [0.25, 0.3) is 16.8 Å². The number of nitrogens with zero attached hydrogens (tertiary/aromatic N) is 1. The lowest BCUT2D eigenvalue weighted by molar-refractivity contribution is -0.385. The Labute approximate surface area is 142 Å². The van der Waals surface area contributed by atoms with Gasteiger partial charge in [0.1, 0.15) is 0 Å². The molecule has 0 aromatic heterocycles. The largest absolute Gasteiger partial charge is 0.288 e. The van der Waals surface area contributed by atoms with Crippen LogP contribution in [-0.2, 0) is 0 Å². The molecule has 0 saturated heterocycles. The Hall–Kier alpha value is -2.92. The summed E-state index contributed by atoms with van der Waals surface area (Å²) in [4.78, 5) is 25.0. The minimum absolute atomic E-state index is 0.000728. The number of para-hydroxylation sites is 1. The van der Waals surface area contributed by atoms with Gasteiger partial charge in [-0.05, 0) is 29.0 Å². The van der Waals surface area contributed by atoms with Crippen molar-refractivity contribution in [2.45, 2.75) is 4.90 Å². The molecule has 5 heteroatoms. The maximum absolute atomic E-state index is 12.8. The van der Waals surface area contributed by atoms with Gasteiger partial charge >= 0.3 is 0 Å². The molecule has 1 heterocycles. The number of nitro benzene ring substituents is 1. The van der Waals surface area contributed by atoms with Crippen molar-refractivity contribution in [1.29, 1.82) is 0 Å². The van der Waals surface area contributed by atoms with Crippen molar-refractivity contribution >= 4 is 40.1 Å². The first-order chi connectivity index (χ1) is 11.6. The van der Waals surface area contributed by atoms with Crippen LogP contribution < -0.4 is 0 Å². The second-order valence-electron chi connectivity index (χ2n) is 5.42. The van der Waals surface area contributed by atoms with E-state index in [2.05, 4.69) is 0 Å². The minimum atomic E-state index is -0.432. The van der Waals surface area contributed by atoms with Gasteiger partial charge in [-0.25, -0.2) is 0 Å². The summed E-state index contributed by atoms with van der Waals surface area (Å²) in [7, 11) is 0. The lowest BCUT2D eigenvalue weighted by Crippen LogP contribution is -1.97. The van der Waals surface area contributed by atoms with Crippen LogP contribution in [0.3, 0.4) is 0 Å². The number of carbonyl (C=O) groups is 1. The minimum Gasteiger partial charge on any atom is -0.288 e. The second kappa shape index (κ2) is 5.62. The Morgan fingerprint density at radius 3 is 2.54 bits per heavy atom. The number of benzene rings is 3. The molecule has 0 fully saturated rings. The molecule has 24 heavy (non-hydrogen) atoms. The fourth-order valence-electron chi connectivity index (χ4n) is 2.87. The number of Topliss-reactive ketones (excluding diaryl/α,β-unsaturated/α-hetero) is 1. The van der Waals surface area contributed by atoms with Crippen LogP contribution in [-0.4, -0.2) is 10.7 Å². The summed E-state index contributed by atoms with van der Waals surface area (Å²) in [6, 6.07) is 18.1. The zero-order chi connectivity index (χ0) is 16.7. The molecule has 4 rings (SSSR count). The molecule has 0 spiro atoms. The van der Waals surface area contributed by atoms with Crippen LogP contribution in [0.15, 0.2) is 70.5 Å². The standard InChI is InChI=1S/C19H11NO3S/c21-19-17(11-13-6-2-4-8-15(13)20(22)23)24-16-10-9-12-5-1-3-7-14(12)18(16)19/h1-11H/b17-11-. The summed E-state index contributed by atoms with van der Waals surface area (Å²) in [5.41, 5.74) is 1.12. The summed E-state index contributed by atoms with van der Waals surface area (Å²) < 4.78 is 0. The van der Waals surface area contributed by atoms with E-state index in [0.717, 1.165) is 15.7 Å². The van der Waals surface area contributed by atoms with E-state index in [1.165, 1.54) is 17.8 Å². The average molecular weight is 333 g/mol. The molecule has 0 amide bonds. The topological polar surface area (TPSA) is 60.2 Å². The summed E-state index contributed by atoms with van der Waals surface area (Å²) in [6.07, 6.45) is 1.61. The molecule has 0 unspecified atom stereocenters. The number of ketones is 1. The zero-order valence-electron chi connectivity index (χ0n) is 12.4. The molecule has 0 radical (unpaired) electrons. The highest BCUT2D eigenvalue weighted by atomic mass is 32.2. The summed E-state index contributed by atoms with van der Waals surface area (Å²) in [5.74, 6) is -0.0787. The first kappa shape index (κ1) is 14.7. The lowest BCUT2D eigenvalue weighted by atomic mass is 10.0. The van der Waals surface area contributed by atoms with E-state index in [-0.39, 0.29) is 11.5 Å². The number of hydrogen-bond acceptors (Lipinski definition) is 4. The Balaban J connectivity index is 1.84. The molecule has 1 aliphatic rings. The molecule has 1 aliphatic heterocycles. The van der Waals surface area contributed by atoms with Gasteiger partial charge in [0.05, 0.1) is 15.4 Å². The van der Waals surface area contributed by atoms with Crippen LogP contribution in [0.1, 0.15) is 15.9 Å². The van der Waals surface area contributed by atoms with Crippen molar-refractivity contribution in [3.05, 3.63) is 86.8 Å². The predicted octanol–water partition coefficient (Wildman–Crippen LogP) is 5.08. The maximum atomic E-state index is 12.8. The van der Waals surface area contributed by atoms with Crippen LogP contribution in [0, 0.1) is 10.1 Å². The first-order valence-corrected chi connectivity index (χ1v) is 8.16. The molecule has 0 bridgehead atoms. The molecule has 116 valence electrons. The van der Waals surface area contributed by atoms with Crippen LogP contribution >= 0.6 is 11.8 Å². The van der Waals surface area contributed by atoms with Gasteiger partial charge in [0.2, 0.25) is 5.78 Å². The molecule has 3 aromatic rings. The third kappa shape index (κ3) is 2.30. The van der Waals surface area contributed by atoms with Crippen molar-refractivity contribution in [2.75, 3.05) is 0 Å². The van der Waals surface area contributed by atoms with Crippen LogP contribution in [0.4, 0.5) is 5.69 Å². The molecular formula is C19H11NO3S. The molecule has 0 atom stereocenters. The molecule has 0 aliphatic carbocycles. The average Bonchev–Trinajstić information content (AvgIpc) is 2.91. The van der Waals surface area contributed by atoms with E-state index >= 15 is 0 Å². The van der Waals surface area contributed by atoms with Crippen molar-refractivity contribution in [3.63, 3.8) is 0 Å². The van der Waals surface area contributed by atoms with Crippen molar-refractivity contribution in [2.24, 2.45) is 0 Å². The number of carbonyl (C=O) groups excluding carboxylic acids is 1. The highest BCUT2D eigenvalue weighted by Gasteiger charge is 2.28. The van der Waals surface area contributed by atoms with Gasteiger partial charge in [-0.1, -0.05) is 54.2 Å². The van der Waals surface area contributed by atoms with Crippen molar-refractivity contribution in [3.8, 4) is 0 Å². The third-order valence-electron chi connectivity index (χ3n) is 3.98. The van der Waals surface area contributed by atoms with Crippen molar-refractivity contribution < 1.29 is 9.72 Å². The molecule has 0 saturated carbocycles. The quantitative estimate of drug-likeness (QED) is 0.373. The number of hydrogen-bond donors (Lipinski definition) is 0. The summed E-state index contributed by atoms with van der Waals surface area (Å²) in [5, 5.41) is 13.1. The molecule has 0 N–H and O–H groups in total. The van der Waals surface area contributed by atoms with E-state index in [1.807, 2.05) is 36.4 Å².